The lowest BCUT2D eigenvalue weighted by molar-refractivity contribution is -0.123. The molecule has 1 aliphatic heterocycles. The van der Waals surface area contributed by atoms with Crippen molar-refractivity contribution in [3.05, 3.63) is 73.1 Å². The van der Waals surface area contributed by atoms with Crippen molar-refractivity contribution in [1.82, 2.24) is 4.90 Å². The standard InChI is InChI=1S/C20H17Cl2NO2S/c1-11-6-12(2)16(13(3)7-11)9-18-19(24)23(20(25)26-18)10-14-4-5-15(21)8-17(14)22/h4-9H,10H2,1-3H3/b18-9-. The van der Waals surface area contributed by atoms with Gasteiger partial charge < -0.3 is 0 Å². The van der Waals surface area contributed by atoms with E-state index in [1.54, 1.807) is 24.3 Å². The first-order chi connectivity index (χ1) is 12.3. The lowest BCUT2D eigenvalue weighted by Crippen LogP contribution is -2.27. The predicted molar refractivity (Wildman–Crippen MR) is 109 cm³/mol. The second kappa shape index (κ2) is 7.47. The minimum absolute atomic E-state index is 0.129. The first-order valence-corrected chi connectivity index (χ1v) is 9.60. The van der Waals surface area contributed by atoms with Gasteiger partial charge in [0.25, 0.3) is 11.1 Å². The van der Waals surface area contributed by atoms with Gasteiger partial charge in [-0.3, -0.25) is 14.5 Å². The van der Waals surface area contributed by atoms with E-state index in [9.17, 15) is 9.59 Å². The molecule has 2 aromatic carbocycles. The van der Waals surface area contributed by atoms with Crippen LogP contribution >= 0.6 is 35.0 Å². The quantitative estimate of drug-likeness (QED) is 0.574. The van der Waals surface area contributed by atoms with Crippen molar-refractivity contribution >= 4 is 52.2 Å². The zero-order valence-corrected chi connectivity index (χ0v) is 16.9. The van der Waals surface area contributed by atoms with Crippen LogP contribution in [0.5, 0.6) is 0 Å². The van der Waals surface area contributed by atoms with Crippen molar-refractivity contribution in [3.63, 3.8) is 0 Å². The number of nitrogens with zero attached hydrogens (tertiary/aromatic N) is 1. The number of hydrogen-bond acceptors (Lipinski definition) is 3. The molecule has 0 bridgehead atoms. The highest BCUT2D eigenvalue weighted by Crippen LogP contribution is 2.35. The van der Waals surface area contributed by atoms with Crippen LogP contribution < -0.4 is 0 Å². The summed E-state index contributed by atoms with van der Waals surface area (Å²) in [6.45, 7) is 6.17. The van der Waals surface area contributed by atoms with Gasteiger partial charge in [0.2, 0.25) is 0 Å². The van der Waals surface area contributed by atoms with E-state index < -0.39 is 0 Å². The molecule has 6 heteroatoms. The average molecular weight is 406 g/mol. The van der Waals surface area contributed by atoms with Gasteiger partial charge in [-0.05, 0) is 73.0 Å². The summed E-state index contributed by atoms with van der Waals surface area (Å²) in [5, 5.41) is 0.651. The number of amides is 2. The number of halogens is 2. The highest BCUT2D eigenvalue weighted by Gasteiger charge is 2.35. The maximum Gasteiger partial charge on any atom is 0.293 e. The molecule has 26 heavy (non-hydrogen) atoms. The summed E-state index contributed by atoms with van der Waals surface area (Å²) in [7, 11) is 0. The monoisotopic (exact) mass is 405 g/mol. The zero-order valence-electron chi connectivity index (χ0n) is 14.6. The van der Waals surface area contributed by atoms with Crippen LogP contribution in [0, 0.1) is 20.8 Å². The fourth-order valence-electron chi connectivity index (χ4n) is 3.01. The van der Waals surface area contributed by atoms with E-state index in [-0.39, 0.29) is 17.7 Å². The molecule has 0 N–H and O–H groups in total. The van der Waals surface area contributed by atoms with Crippen molar-refractivity contribution in [2.24, 2.45) is 0 Å². The van der Waals surface area contributed by atoms with E-state index in [1.807, 2.05) is 20.8 Å². The van der Waals surface area contributed by atoms with Crippen molar-refractivity contribution in [3.8, 4) is 0 Å². The molecule has 134 valence electrons. The van der Waals surface area contributed by atoms with Crippen molar-refractivity contribution in [2.75, 3.05) is 0 Å². The normalized spacial score (nSPS) is 16.0. The summed E-state index contributed by atoms with van der Waals surface area (Å²) in [5.41, 5.74) is 4.99. The Kier molecular flexibility index (Phi) is 5.47. The molecule has 0 saturated carbocycles. The average Bonchev–Trinajstić information content (AvgIpc) is 2.80. The lowest BCUT2D eigenvalue weighted by atomic mass is 9.99. The van der Waals surface area contributed by atoms with Crippen LogP contribution in [-0.4, -0.2) is 16.0 Å². The molecule has 1 fully saturated rings. The molecule has 3 rings (SSSR count). The van der Waals surface area contributed by atoms with Gasteiger partial charge >= 0.3 is 0 Å². The Hall–Kier alpha value is -1.75. The number of carbonyl (C=O) groups excluding carboxylic acids is 2. The SMILES string of the molecule is Cc1cc(C)c(/C=C2\SC(=O)N(Cc3ccc(Cl)cc3Cl)C2=O)c(C)c1. The van der Waals surface area contributed by atoms with E-state index >= 15 is 0 Å². The number of hydrogen-bond donors (Lipinski definition) is 0. The largest absolute Gasteiger partial charge is 0.293 e. The van der Waals surface area contributed by atoms with E-state index in [0.29, 0.717) is 20.5 Å². The van der Waals surface area contributed by atoms with Gasteiger partial charge in [-0.2, -0.15) is 0 Å². The molecule has 0 aromatic heterocycles. The Morgan fingerprint density at radius 2 is 1.69 bits per heavy atom. The first-order valence-electron chi connectivity index (χ1n) is 8.03. The van der Waals surface area contributed by atoms with Crippen molar-refractivity contribution in [1.29, 1.82) is 0 Å². The second-order valence-electron chi connectivity index (χ2n) is 6.32. The van der Waals surface area contributed by atoms with Gasteiger partial charge in [0, 0.05) is 10.0 Å². The number of benzene rings is 2. The number of carbonyl (C=O) groups is 2. The van der Waals surface area contributed by atoms with Crippen molar-refractivity contribution < 1.29 is 9.59 Å². The maximum atomic E-state index is 12.7. The summed E-state index contributed by atoms with van der Waals surface area (Å²) in [6, 6.07) is 9.15. The van der Waals surface area contributed by atoms with E-state index in [0.717, 1.165) is 28.5 Å². The summed E-state index contributed by atoms with van der Waals surface area (Å²) in [5.74, 6) is -0.301. The van der Waals surface area contributed by atoms with Crippen LogP contribution in [0.2, 0.25) is 10.0 Å². The third-order valence-corrected chi connectivity index (χ3v) is 5.72. The van der Waals surface area contributed by atoms with Crippen LogP contribution in [0.1, 0.15) is 27.8 Å². The van der Waals surface area contributed by atoms with Crippen LogP contribution in [0.25, 0.3) is 6.08 Å². The number of aryl methyl sites for hydroxylation is 3. The molecule has 1 saturated heterocycles. The molecule has 0 radical (unpaired) electrons. The number of thioether (sulfide) groups is 1. The van der Waals surface area contributed by atoms with E-state index in [2.05, 4.69) is 12.1 Å². The summed E-state index contributed by atoms with van der Waals surface area (Å²) < 4.78 is 0. The minimum atomic E-state index is -0.301. The molecule has 0 spiro atoms. The fraction of sp³-hybridized carbons (Fsp3) is 0.200. The van der Waals surface area contributed by atoms with Crippen LogP contribution in [0.15, 0.2) is 35.2 Å². The highest BCUT2D eigenvalue weighted by molar-refractivity contribution is 8.18. The summed E-state index contributed by atoms with van der Waals surface area (Å²) in [6.07, 6.45) is 1.80. The van der Waals surface area contributed by atoms with Gasteiger partial charge in [0.05, 0.1) is 11.4 Å². The molecular formula is C20H17Cl2NO2S. The molecular weight excluding hydrogens is 389 g/mol. The van der Waals surface area contributed by atoms with Gasteiger partial charge in [0.1, 0.15) is 0 Å². The summed E-state index contributed by atoms with van der Waals surface area (Å²) >= 11 is 13.0. The Balaban J connectivity index is 1.90. The molecule has 0 unspecified atom stereocenters. The predicted octanol–water partition coefficient (Wildman–Crippen LogP) is 6.16. The zero-order chi connectivity index (χ0) is 19.0. The van der Waals surface area contributed by atoms with Crippen molar-refractivity contribution in [2.45, 2.75) is 27.3 Å². The second-order valence-corrected chi connectivity index (χ2v) is 8.15. The highest BCUT2D eigenvalue weighted by atomic mass is 35.5. The Morgan fingerprint density at radius 3 is 2.31 bits per heavy atom. The Bertz CT molecular complexity index is 930. The van der Waals surface area contributed by atoms with Crippen LogP contribution in [0.4, 0.5) is 4.79 Å². The number of imide groups is 1. The number of rotatable bonds is 3. The molecule has 0 atom stereocenters. The lowest BCUT2D eigenvalue weighted by Gasteiger charge is -2.14. The molecule has 2 aromatic rings. The van der Waals surface area contributed by atoms with Gasteiger partial charge in [0.15, 0.2) is 0 Å². The van der Waals surface area contributed by atoms with Gasteiger partial charge in [-0.25, -0.2) is 0 Å². The maximum absolute atomic E-state index is 12.7. The molecule has 1 heterocycles. The first kappa shape index (κ1) is 19.0. The van der Waals surface area contributed by atoms with Crippen LogP contribution in [0.3, 0.4) is 0 Å². The smallest absolute Gasteiger partial charge is 0.268 e. The van der Waals surface area contributed by atoms with Crippen LogP contribution in [-0.2, 0) is 11.3 Å². The van der Waals surface area contributed by atoms with Gasteiger partial charge in [-0.1, -0.05) is 47.0 Å². The molecule has 0 aliphatic carbocycles. The third-order valence-electron chi connectivity index (χ3n) is 4.23. The van der Waals surface area contributed by atoms with E-state index in [4.69, 9.17) is 23.2 Å². The van der Waals surface area contributed by atoms with E-state index in [1.165, 1.54) is 10.5 Å². The minimum Gasteiger partial charge on any atom is -0.268 e. The molecule has 3 nitrogen and oxygen atoms in total. The Morgan fingerprint density at radius 1 is 1.04 bits per heavy atom. The topological polar surface area (TPSA) is 37.4 Å². The van der Waals surface area contributed by atoms with Gasteiger partial charge in [-0.15, -0.1) is 0 Å². The Labute approximate surface area is 167 Å². The summed E-state index contributed by atoms with van der Waals surface area (Å²) in [4.78, 5) is 26.7. The molecule has 1 aliphatic rings. The fourth-order valence-corrected chi connectivity index (χ4v) is 4.29. The third kappa shape index (κ3) is 3.83. The molecule has 2 amide bonds.